The predicted octanol–water partition coefficient (Wildman–Crippen LogP) is 4.50. The molecule has 0 unspecified atom stereocenters. The molecule has 0 heterocycles. The summed E-state index contributed by atoms with van der Waals surface area (Å²) < 4.78 is 6.57. The van der Waals surface area contributed by atoms with Crippen LogP contribution < -0.4 is 0 Å². The summed E-state index contributed by atoms with van der Waals surface area (Å²) in [6.45, 7) is 13.4. The smallest absolute Gasteiger partial charge is 0.192 e. The van der Waals surface area contributed by atoms with Gasteiger partial charge >= 0.3 is 0 Å². The Morgan fingerprint density at radius 1 is 1.21 bits per heavy atom. The summed E-state index contributed by atoms with van der Waals surface area (Å²) in [5, 5.41) is 10.5. The van der Waals surface area contributed by atoms with Gasteiger partial charge in [0.05, 0.1) is 12.2 Å². The standard InChI is InChI=1S/C16H32O2Si/c1-7-10-14(17)13-11-8-9-12-15(13)18-19(5,6)16(2,3)4/h7,10,13-15,17H,8-9,11-12H2,1-6H3/b10-7+/t13-,14-,15-/m0/s1. The van der Waals surface area contributed by atoms with Crippen LogP contribution in [0.25, 0.3) is 0 Å². The van der Waals surface area contributed by atoms with Crippen LogP contribution >= 0.6 is 0 Å². The van der Waals surface area contributed by atoms with Crippen LogP contribution in [0.4, 0.5) is 0 Å². The van der Waals surface area contributed by atoms with Crippen LogP contribution in [0.5, 0.6) is 0 Å². The van der Waals surface area contributed by atoms with Gasteiger partial charge in [-0.05, 0) is 37.9 Å². The number of allylic oxidation sites excluding steroid dienone is 1. The number of aliphatic hydroxyl groups excluding tert-OH is 1. The molecular weight excluding hydrogens is 252 g/mol. The summed E-state index contributed by atoms with van der Waals surface area (Å²) in [5.41, 5.74) is 0. The molecule has 0 aromatic heterocycles. The second kappa shape index (κ2) is 6.55. The van der Waals surface area contributed by atoms with Crippen molar-refractivity contribution in [2.45, 2.75) is 83.7 Å². The zero-order valence-corrected chi connectivity index (χ0v) is 14.6. The van der Waals surface area contributed by atoms with Crippen LogP contribution in [-0.4, -0.2) is 25.6 Å². The zero-order chi connectivity index (χ0) is 14.7. The maximum atomic E-state index is 10.3. The quantitative estimate of drug-likeness (QED) is 0.608. The Labute approximate surface area is 120 Å². The van der Waals surface area contributed by atoms with E-state index in [1.807, 2.05) is 19.1 Å². The lowest BCUT2D eigenvalue weighted by atomic mass is 9.82. The van der Waals surface area contributed by atoms with Crippen LogP contribution in [0.2, 0.25) is 18.1 Å². The minimum absolute atomic E-state index is 0.237. The van der Waals surface area contributed by atoms with Crippen LogP contribution in [0.1, 0.15) is 53.4 Å². The monoisotopic (exact) mass is 284 g/mol. The highest BCUT2D eigenvalue weighted by Crippen LogP contribution is 2.40. The number of hydrogen-bond acceptors (Lipinski definition) is 2. The largest absolute Gasteiger partial charge is 0.414 e. The van der Waals surface area contributed by atoms with E-state index in [1.54, 1.807) is 0 Å². The van der Waals surface area contributed by atoms with E-state index in [0.29, 0.717) is 0 Å². The van der Waals surface area contributed by atoms with Crippen molar-refractivity contribution in [2.75, 3.05) is 0 Å². The van der Waals surface area contributed by atoms with E-state index in [4.69, 9.17) is 4.43 Å². The molecular formula is C16H32O2Si. The van der Waals surface area contributed by atoms with E-state index in [0.717, 1.165) is 12.8 Å². The van der Waals surface area contributed by atoms with E-state index in [9.17, 15) is 5.11 Å². The van der Waals surface area contributed by atoms with Crippen molar-refractivity contribution in [3.8, 4) is 0 Å². The first-order valence-electron chi connectivity index (χ1n) is 7.68. The van der Waals surface area contributed by atoms with Crippen LogP contribution in [0.15, 0.2) is 12.2 Å². The van der Waals surface area contributed by atoms with Crippen LogP contribution in [0, 0.1) is 5.92 Å². The predicted molar refractivity (Wildman–Crippen MR) is 84.8 cm³/mol. The van der Waals surface area contributed by atoms with E-state index >= 15 is 0 Å². The molecule has 0 aromatic carbocycles. The Kier molecular flexibility index (Phi) is 5.84. The molecule has 1 aliphatic rings. The Morgan fingerprint density at radius 2 is 1.79 bits per heavy atom. The summed E-state index contributed by atoms with van der Waals surface area (Å²) in [6.07, 6.45) is 8.40. The fourth-order valence-electron chi connectivity index (χ4n) is 2.56. The van der Waals surface area contributed by atoms with E-state index in [2.05, 4.69) is 33.9 Å². The molecule has 0 amide bonds. The molecule has 1 rings (SSSR count). The maximum Gasteiger partial charge on any atom is 0.192 e. The number of rotatable bonds is 4. The van der Waals surface area contributed by atoms with Gasteiger partial charge < -0.3 is 9.53 Å². The average molecular weight is 285 g/mol. The Morgan fingerprint density at radius 3 is 2.32 bits per heavy atom. The summed E-state index contributed by atoms with van der Waals surface area (Å²) in [5.74, 6) is 0.277. The number of aliphatic hydroxyl groups is 1. The first kappa shape index (κ1) is 16.9. The van der Waals surface area contributed by atoms with Gasteiger partial charge in [-0.25, -0.2) is 0 Å². The van der Waals surface area contributed by atoms with Gasteiger partial charge in [-0.3, -0.25) is 0 Å². The second-order valence-electron chi connectivity index (χ2n) is 7.38. The highest BCUT2D eigenvalue weighted by molar-refractivity contribution is 6.74. The van der Waals surface area contributed by atoms with Gasteiger partial charge in [0, 0.05) is 5.92 Å². The van der Waals surface area contributed by atoms with Gasteiger partial charge in [0.15, 0.2) is 8.32 Å². The minimum Gasteiger partial charge on any atom is -0.414 e. The molecule has 1 aliphatic carbocycles. The lowest BCUT2D eigenvalue weighted by molar-refractivity contribution is 0.0150. The van der Waals surface area contributed by atoms with Crippen molar-refractivity contribution in [3.63, 3.8) is 0 Å². The van der Waals surface area contributed by atoms with Crippen LogP contribution in [-0.2, 0) is 4.43 Å². The van der Waals surface area contributed by atoms with E-state index in [1.165, 1.54) is 12.8 Å². The first-order valence-corrected chi connectivity index (χ1v) is 10.6. The molecule has 1 saturated carbocycles. The van der Waals surface area contributed by atoms with Crippen LogP contribution in [0.3, 0.4) is 0 Å². The fraction of sp³-hybridized carbons (Fsp3) is 0.875. The first-order chi connectivity index (χ1) is 8.69. The van der Waals surface area contributed by atoms with Gasteiger partial charge in [0.2, 0.25) is 0 Å². The third-order valence-electron chi connectivity index (χ3n) is 4.83. The summed E-state index contributed by atoms with van der Waals surface area (Å²) in [4.78, 5) is 0. The molecule has 3 atom stereocenters. The maximum absolute atomic E-state index is 10.3. The molecule has 2 nitrogen and oxygen atoms in total. The average Bonchev–Trinajstić information content (AvgIpc) is 2.28. The van der Waals surface area contributed by atoms with E-state index in [-0.39, 0.29) is 23.2 Å². The van der Waals surface area contributed by atoms with Crippen molar-refractivity contribution >= 4 is 8.32 Å². The molecule has 0 aliphatic heterocycles. The summed E-state index contributed by atoms with van der Waals surface area (Å²) >= 11 is 0. The Balaban J connectivity index is 2.78. The van der Waals surface area contributed by atoms with Gasteiger partial charge in [0.1, 0.15) is 0 Å². The second-order valence-corrected chi connectivity index (χ2v) is 12.1. The molecule has 0 aromatic rings. The van der Waals surface area contributed by atoms with Gasteiger partial charge in [-0.2, -0.15) is 0 Å². The van der Waals surface area contributed by atoms with Gasteiger partial charge in [0.25, 0.3) is 0 Å². The molecule has 0 saturated heterocycles. The lowest BCUT2D eigenvalue weighted by Gasteiger charge is -2.43. The highest BCUT2D eigenvalue weighted by Gasteiger charge is 2.42. The van der Waals surface area contributed by atoms with E-state index < -0.39 is 8.32 Å². The highest BCUT2D eigenvalue weighted by atomic mass is 28.4. The summed E-state index contributed by atoms with van der Waals surface area (Å²) in [6, 6.07) is 0. The lowest BCUT2D eigenvalue weighted by Crippen LogP contribution is -2.48. The van der Waals surface area contributed by atoms with Gasteiger partial charge in [-0.15, -0.1) is 0 Å². The minimum atomic E-state index is -1.74. The molecule has 0 bridgehead atoms. The van der Waals surface area contributed by atoms with Crippen molar-refractivity contribution in [3.05, 3.63) is 12.2 Å². The molecule has 19 heavy (non-hydrogen) atoms. The fourth-order valence-corrected chi connectivity index (χ4v) is 3.96. The normalized spacial score (nSPS) is 27.7. The molecule has 1 N–H and O–H groups in total. The third-order valence-corrected chi connectivity index (χ3v) is 9.34. The van der Waals surface area contributed by atoms with Crippen molar-refractivity contribution in [2.24, 2.45) is 5.92 Å². The molecule has 1 fully saturated rings. The molecule has 3 heteroatoms. The topological polar surface area (TPSA) is 29.5 Å². The Bertz CT molecular complexity index is 304. The SMILES string of the molecule is C/C=C/[C@H](O)[C@@H]1CCCC[C@@H]1O[Si](C)(C)C(C)(C)C. The van der Waals surface area contributed by atoms with Crippen molar-refractivity contribution in [1.82, 2.24) is 0 Å². The van der Waals surface area contributed by atoms with Crippen molar-refractivity contribution < 1.29 is 9.53 Å². The zero-order valence-electron chi connectivity index (χ0n) is 13.6. The molecule has 112 valence electrons. The molecule has 0 spiro atoms. The van der Waals surface area contributed by atoms with Gasteiger partial charge in [-0.1, -0.05) is 45.8 Å². The third kappa shape index (κ3) is 4.43. The number of hydrogen-bond donors (Lipinski definition) is 1. The Hall–Kier alpha value is -0.123. The summed E-state index contributed by atoms with van der Waals surface area (Å²) in [7, 11) is -1.74. The molecule has 0 radical (unpaired) electrons. The van der Waals surface area contributed by atoms with Crippen molar-refractivity contribution in [1.29, 1.82) is 0 Å².